The zero-order chi connectivity index (χ0) is 14.0. The third-order valence-corrected chi connectivity index (χ3v) is 5.43. The fraction of sp³-hybridized carbons (Fsp3) is 0.727. The Hall–Kier alpha value is -0.960. The van der Waals surface area contributed by atoms with E-state index in [1.54, 1.807) is 14.0 Å². The minimum atomic E-state index is -3.56. The average Bonchev–Trinajstić information content (AvgIpc) is 2.80. The number of hydrogen-bond donors (Lipinski definition) is 2. The van der Waals surface area contributed by atoms with Crippen LogP contribution in [0.15, 0.2) is 5.03 Å². The first-order chi connectivity index (χ1) is 9.00. The number of sulfonamides is 1. The summed E-state index contributed by atoms with van der Waals surface area (Å²) in [5, 5.41) is 6.66. The zero-order valence-electron chi connectivity index (χ0n) is 11.2. The fourth-order valence-corrected chi connectivity index (χ4v) is 3.96. The van der Waals surface area contributed by atoms with Crippen molar-refractivity contribution in [1.29, 1.82) is 0 Å². The Labute approximate surface area is 113 Å². The molecule has 1 aliphatic rings. The Balaban J connectivity index is 2.23. The summed E-state index contributed by atoms with van der Waals surface area (Å²) in [6.45, 7) is 2.84. The summed E-state index contributed by atoms with van der Waals surface area (Å²) in [5.74, 6) is 0. The van der Waals surface area contributed by atoms with Crippen LogP contribution in [0.3, 0.4) is 0 Å². The molecule has 0 amide bonds. The number of aromatic nitrogens is 2. The Bertz CT molecular complexity index is 532. The van der Waals surface area contributed by atoms with Crippen molar-refractivity contribution in [2.24, 2.45) is 5.73 Å². The molecule has 0 saturated carbocycles. The molecule has 7 nitrogen and oxygen atoms in total. The monoisotopic (exact) mass is 288 g/mol. The maximum absolute atomic E-state index is 12.5. The molecule has 8 heteroatoms. The quantitative estimate of drug-likeness (QED) is 0.810. The van der Waals surface area contributed by atoms with Gasteiger partial charge in [-0.2, -0.15) is 9.40 Å². The van der Waals surface area contributed by atoms with Gasteiger partial charge in [0.2, 0.25) is 0 Å². The summed E-state index contributed by atoms with van der Waals surface area (Å²) in [7, 11) is -1.91. The molecular weight excluding hydrogens is 268 g/mol. The van der Waals surface area contributed by atoms with Crippen molar-refractivity contribution in [1.82, 2.24) is 14.5 Å². The van der Waals surface area contributed by atoms with Gasteiger partial charge < -0.3 is 10.5 Å². The third kappa shape index (κ3) is 2.66. The maximum atomic E-state index is 12.5. The molecule has 0 aliphatic carbocycles. The molecule has 0 unspecified atom stereocenters. The lowest BCUT2D eigenvalue weighted by Gasteiger charge is -2.29. The van der Waals surface area contributed by atoms with Crippen LogP contribution in [0.2, 0.25) is 0 Å². The number of ether oxygens (including phenoxy) is 1. The Morgan fingerprint density at radius 2 is 2.11 bits per heavy atom. The van der Waals surface area contributed by atoms with Crippen LogP contribution in [-0.4, -0.2) is 49.2 Å². The van der Waals surface area contributed by atoms with Gasteiger partial charge >= 0.3 is 0 Å². The molecule has 2 heterocycles. The largest absolute Gasteiger partial charge is 0.381 e. The Kier molecular flexibility index (Phi) is 4.24. The van der Waals surface area contributed by atoms with E-state index in [2.05, 4.69) is 10.2 Å². The lowest BCUT2D eigenvalue weighted by Crippen LogP contribution is -2.41. The zero-order valence-corrected chi connectivity index (χ0v) is 12.0. The van der Waals surface area contributed by atoms with E-state index in [9.17, 15) is 8.42 Å². The van der Waals surface area contributed by atoms with Gasteiger partial charge in [-0.05, 0) is 19.8 Å². The lowest BCUT2D eigenvalue weighted by molar-refractivity contribution is 0.0604. The summed E-state index contributed by atoms with van der Waals surface area (Å²) < 4.78 is 31.7. The fourth-order valence-electron chi connectivity index (χ4n) is 2.31. The lowest BCUT2D eigenvalue weighted by atomic mass is 10.1. The number of nitrogens with one attached hydrogen (secondary N) is 1. The summed E-state index contributed by atoms with van der Waals surface area (Å²) in [4.78, 5) is 0. The van der Waals surface area contributed by atoms with Gasteiger partial charge in [0.15, 0.2) is 5.03 Å². The number of methoxy groups -OCH3 is 1. The van der Waals surface area contributed by atoms with E-state index in [4.69, 9.17) is 10.5 Å². The van der Waals surface area contributed by atoms with Crippen LogP contribution in [0.25, 0.3) is 0 Å². The number of aryl methyl sites for hydroxylation is 1. The van der Waals surface area contributed by atoms with Gasteiger partial charge in [-0.15, -0.1) is 0 Å². The summed E-state index contributed by atoms with van der Waals surface area (Å²) >= 11 is 0. The van der Waals surface area contributed by atoms with Crippen LogP contribution in [0.5, 0.6) is 0 Å². The molecule has 1 aliphatic heterocycles. The molecule has 1 fully saturated rings. The summed E-state index contributed by atoms with van der Waals surface area (Å²) in [6, 6.07) is 0. The van der Waals surface area contributed by atoms with Crippen LogP contribution in [0, 0.1) is 6.92 Å². The highest BCUT2D eigenvalue weighted by atomic mass is 32.2. The van der Waals surface area contributed by atoms with E-state index in [1.807, 2.05) is 0 Å². The van der Waals surface area contributed by atoms with E-state index in [0.717, 1.165) is 0 Å². The smallest absolute Gasteiger partial charge is 0.262 e. The topological polar surface area (TPSA) is 101 Å². The molecule has 3 N–H and O–H groups in total. The molecule has 108 valence electrons. The number of hydrogen-bond acceptors (Lipinski definition) is 5. The van der Waals surface area contributed by atoms with Crippen molar-refractivity contribution in [3.05, 3.63) is 11.3 Å². The Morgan fingerprint density at radius 3 is 2.63 bits per heavy atom. The molecule has 2 rings (SSSR count). The molecular formula is C11H20N4O3S. The highest BCUT2D eigenvalue weighted by Gasteiger charge is 2.33. The van der Waals surface area contributed by atoms with Crippen LogP contribution in [0.4, 0.5) is 0 Å². The number of rotatable bonds is 4. The SMILES string of the molecule is COC1CCN(S(=O)(=O)c2n[nH]c(C)c2CN)CC1. The predicted molar refractivity (Wildman–Crippen MR) is 70.0 cm³/mol. The van der Waals surface area contributed by atoms with Gasteiger partial charge in [0.1, 0.15) is 0 Å². The standard InChI is InChI=1S/C11H20N4O3S/c1-8-10(7-12)11(14-13-8)19(16,17)15-5-3-9(18-2)4-6-15/h9H,3-7,12H2,1-2H3,(H,13,14). The van der Waals surface area contributed by atoms with Crippen molar-refractivity contribution in [2.75, 3.05) is 20.2 Å². The number of nitrogens with zero attached hydrogens (tertiary/aromatic N) is 2. The molecule has 0 aromatic carbocycles. The van der Waals surface area contributed by atoms with E-state index >= 15 is 0 Å². The number of nitrogens with two attached hydrogens (primary N) is 1. The molecule has 1 aromatic heterocycles. The number of aromatic amines is 1. The molecule has 1 saturated heterocycles. The second-order valence-corrected chi connectivity index (χ2v) is 6.53. The molecule has 1 aromatic rings. The normalized spacial score (nSPS) is 18.9. The minimum Gasteiger partial charge on any atom is -0.381 e. The van der Waals surface area contributed by atoms with Gasteiger partial charge in [0.25, 0.3) is 10.0 Å². The Morgan fingerprint density at radius 1 is 1.47 bits per heavy atom. The number of piperidine rings is 1. The number of H-pyrrole nitrogens is 1. The van der Waals surface area contributed by atoms with Gasteiger partial charge in [0, 0.05) is 38.0 Å². The van der Waals surface area contributed by atoms with E-state index in [0.29, 0.717) is 37.2 Å². The van der Waals surface area contributed by atoms with Crippen LogP contribution in [-0.2, 0) is 21.3 Å². The van der Waals surface area contributed by atoms with Crippen LogP contribution >= 0.6 is 0 Å². The van der Waals surface area contributed by atoms with Crippen molar-refractivity contribution in [3.8, 4) is 0 Å². The van der Waals surface area contributed by atoms with Crippen molar-refractivity contribution in [2.45, 2.75) is 37.4 Å². The van der Waals surface area contributed by atoms with Gasteiger partial charge in [-0.1, -0.05) is 0 Å². The van der Waals surface area contributed by atoms with Crippen molar-refractivity contribution >= 4 is 10.0 Å². The van der Waals surface area contributed by atoms with E-state index in [1.165, 1.54) is 4.31 Å². The first kappa shape index (κ1) is 14.4. The molecule has 0 radical (unpaired) electrons. The van der Waals surface area contributed by atoms with Crippen LogP contribution in [0.1, 0.15) is 24.1 Å². The van der Waals surface area contributed by atoms with Gasteiger partial charge in [-0.25, -0.2) is 8.42 Å². The second-order valence-electron chi connectivity index (χ2n) is 4.68. The highest BCUT2D eigenvalue weighted by Crippen LogP contribution is 2.23. The first-order valence-electron chi connectivity index (χ1n) is 6.27. The summed E-state index contributed by atoms with van der Waals surface area (Å²) in [5.41, 5.74) is 6.87. The maximum Gasteiger partial charge on any atom is 0.262 e. The van der Waals surface area contributed by atoms with Crippen LogP contribution < -0.4 is 5.73 Å². The van der Waals surface area contributed by atoms with Crippen molar-refractivity contribution < 1.29 is 13.2 Å². The summed E-state index contributed by atoms with van der Waals surface area (Å²) in [6.07, 6.45) is 1.55. The first-order valence-corrected chi connectivity index (χ1v) is 7.71. The highest BCUT2D eigenvalue weighted by molar-refractivity contribution is 7.89. The van der Waals surface area contributed by atoms with Gasteiger partial charge in [-0.3, -0.25) is 5.10 Å². The van der Waals surface area contributed by atoms with E-state index in [-0.39, 0.29) is 17.7 Å². The minimum absolute atomic E-state index is 0.0587. The van der Waals surface area contributed by atoms with Crippen molar-refractivity contribution in [3.63, 3.8) is 0 Å². The third-order valence-electron chi connectivity index (χ3n) is 3.56. The predicted octanol–water partition coefficient (Wildman–Crippen LogP) is -0.0237. The second kappa shape index (κ2) is 5.58. The molecule has 0 spiro atoms. The van der Waals surface area contributed by atoms with E-state index < -0.39 is 10.0 Å². The molecule has 0 atom stereocenters. The van der Waals surface area contributed by atoms with Gasteiger partial charge in [0.05, 0.1) is 6.10 Å². The molecule has 19 heavy (non-hydrogen) atoms. The average molecular weight is 288 g/mol. The molecule has 0 bridgehead atoms.